The number of anilines is 1. The van der Waals surface area contributed by atoms with Gasteiger partial charge in [0.05, 0.1) is 0 Å². The molecular weight excluding hydrogens is 281 g/mol. The Morgan fingerprint density at radius 3 is 2.35 bits per heavy atom. The van der Waals surface area contributed by atoms with E-state index >= 15 is 0 Å². The zero-order valence-electron chi connectivity index (χ0n) is 10.7. The Balaban J connectivity index is 2.92. The van der Waals surface area contributed by atoms with Gasteiger partial charge in [0.1, 0.15) is 13.1 Å². The van der Waals surface area contributed by atoms with Crippen molar-refractivity contribution in [3.8, 4) is 0 Å². The Hall–Kier alpha value is -2.33. The van der Waals surface area contributed by atoms with Crippen LogP contribution < -0.4 is 5.73 Å². The summed E-state index contributed by atoms with van der Waals surface area (Å²) in [5.74, 6) is -2.51. The van der Waals surface area contributed by atoms with Gasteiger partial charge < -0.3 is 15.5 Å². The van der Waals surface area contributed by atoms with Crippen LogP contribution in [0, 0.1) is 0 Å². The molecule has 0 bridgehead atoms. The Bertz CT molecular complexity index is 498. The molecule has 1 aromatic rings. The monoisotopic (exact) mass is 294 g/mol. The van der Waals surface area contributed by atoms with Gasteiger partial charge in [-0.25, -0.2) is 0 Å². The predicted octanol–water partition coefficient (Wildman–Crippen LogP) is -0.520. The summed E-state index contributed by atoms with van der Waals surface area (Å²) < 4.78 is 37.3. The number of likely N-dealkylation sites (N-methyl/N-ethyl adjacent to an activating group) is 1. The van der Waals surface area contributed by atoms with Crippen LogP contribution in [0.3, 0.4) is 0 Å². The summed E-state index contributed by atoms with van der Waals surface area (Å²) in [6.45, 7) is -2.31. The van der Waals surface area contributed by atoms with Gasteiger partial charge in [0, 0.05) is 14.1 Å². The van der Waals surface area contributed by atoms with Crippen molar-refractivity contribution >= 4 is 17.8 Å². The quantitative estimate of drug-likeness (QED) is 0.776. The topological polar surface area (TPSA) is 108 Å². The third-order valence-corrected chi connectivity index (χ3v) is 2.19. The maximum absolute atomic E-state index is 12.4. The average Bonchev–Trinajstić information content (AvgIpc) is 2.72. The molecule has 112 valence electrons. The van der Waals surface area contributed by atoms with Crippen LogP contribution >= 0.6 is 0 Å². The fourth-order valence-electron chi connectivity index (χ4n) is 1.24. The van der Waals surface area contributed by atoms with Crippen molar-refractivity contribution in [1.29, 1.82) is 0 Å². The van der Waals surface area contributed by atoms with E-state index in [0.717, 1.165) is 4.90 Å². The molecule has 0 spiro atoms. The van der Waals surface area contributed by atoms with Crippen LogP contribution in [0.5, 0.6) is 0 Å². The number of nitrogen functional groups attached to an aromatic ring is 1. The molecule has 0 aliphatic carbocycles. The molecule has 0 aromatic carbocycles. The minimum Gasteiger partial charge on any atom is -0.366 e. The molecule has 3 N–H and O–H groups in total. The minimum absolute atomic E-state index is 0.278. The zero-order chi connectivity index (χ0) is 15.5. The summed E-state index contributed by atoms with van der Waals surface area (Å²) in [5.41, 5.74) is 5.17. The SMILES string of the molecule is CN(C)C(=O)CN(CC(F)(F)F)C(=O)c1nc(N)n[nH]1. The highest BCUT2D eigenvalue weighted by molar-refractivity contribution is 5.93. The Morgan fingerprint density at radius 1 is 1.35 bits per heavy atom. The van der Waals surface area contributed by atoms with Crippen LogP contribution in [-0.4, -0.2) is 70.2 Å². The summed E-state index contributed by atoms with van der Waals surface area (Å²) in [6, 6.07) is 0. The van der Waals surface area contributed by atoms with Crippen molar-refractivity contribution in [2.75, 3.05) is 32.9 Å². The smallest absolute Gasteiger partial charge is 0.366 e. The van der Waals surface area contributed by atoms with Crippen LogP contribution in [0.4, 0.5) is 19.1 Å². The van der Waals surface area contributed by atoms with Gasteiger partial charge in [-0.3, -0.25) is 14.7 Å². The highest BCUT2D eigenvalue weighted by Crippen LogP contribution is 2.17. The lowest BCUT2D eigenvalue weighted by atomic mass is 10.4. The molecule has 0 fully saturated rings. The van der Waals surface area contributed by atoms with Gasteiger partial charge in [0.2, 0.25) is 17.7 Å². The Morgan fingerprint density at radius 2 is 1.95 bits per heavy atom. The Labute approximate surface area is 111 Å². The molecule has 1 heterocycles. The van der Waals surface area contributed by atoms with E-state index in [1.165, 1.54) is 14.1 Å². The molecule has 0 atom stereocenters. The first-order valence-corrected chi connectivity index (χ1v) is 5.34. The first kappa shape index (κ1) is 15.7. The first-order chi connectivity index (χ1) is 9.10. The van der Waals surface area contributed by atoms with Gasteiger partial charge in [0.25, 0.3) is 5.91 Å². The van der Waals surface area contributed by atoms with E-state index in [-0.39, 0.29) is 5.95 Å². The second-order valence-corrected chi connectivity index (χ2v) is 4.11. The molecule has 0 radical (unpaired) electrons. The molecule has 0 saturated heterocycles. The third-order valence-electron chi connectivity index (χ3n) is 2.19. The number of rotatable bonds is 4. The van der Waals surface area contributed by atoms with Gasteiger partial charge >= 0.3 is 6.18 Å². The summed E-state index contributed by atoms with van der Waals surface area (Å²) >= 11 is 0. The number of nitrogens with one attached hydrogen (secondary N) is 1. The highest BCUT2D eigenvalue weighted by atomic mass is 19.4. The summed E-state index contributed by atoms with van der Waals surface area (Å²) in [5, 5.41) is 5.45. The van der Waals surface area contributed by atoms with E-state index in [1.54, 1.807) is 0 Å². The maximum Gasteiger partial charge on any atom is 0.406 e. The molecule has 0 saturated carbocycles. The number of nitrogens with two attached hydrogens (primary N) is 1. The van der Waals surface area contributed by atoms with Crippen molar-refractivity contribution in [2.45, 2.75) is 6.18 Å². The minimum atomic E-state index is -4.65. The number of carbonyl (C=O) groups is 2. The largest absolute Gasteiger partial charge is 0.406 e. The van der Waals surface area contributed by atoms with Crippen LogP contribution in [-0.2, 0) is 4.79 Å². The third kappa shape index (κ3) is 4.40. The van der Waals surface area contributed by atoms with Gasteiger partial charge in [0.15, 0.2) is 0 Å². The van der Waals surface area contributed by atoms with Crippen LogP contribution in [0.1, 0.15) is 10.6 Å². The standard InChI is InChI=1S/C9H13F3N6O2/c1-17(2)5(19)3-18(4-9(10,11)12)7(20)6-14-8(13)16-15-6/h3-4H2,1-2H3,(H3,13,14,15,16). The maximum atomic E-state index is 12.4. The van der Waals surface area contributed by atoms with E-state index in [0.29, 0.717) is 4.90 Å². The van der Waals surface area contributed by atoms with E-state index in [9.17, 15) is 22.8 Å². The summed E-state index contributed by atoms with van der Waals surface area (Å²) in [4.78, 5) is 28.2. The zero-order valence-corrected chi connectivity index (χ0v) is 10.7. The molecule has 11 heteroatoms. The first-order valence-electron chi connectivity index (χ1n) is 5.34. The molecule has 0 unspecified atom stereocenters. The number of nitrogens with zero attached hydrogens (tertiary/aromatic N) is 4. The van der Waals surface area contributed by atoms with Crippen LogP contribution in [0.25, 0.3) is 0 Å². The predicted molar refractivity (Wildman–Crippen MR) is 61.4 cm³/mol. The Kier molecular flexibility index (Phi) is 4.53. The fourth-order valence-corrected chi connectivity index (χ4v) is 1.24. The number of aromatic amines is 1. The molecule has 0 aliphatic heterocycles. The number of aromatic nitrogens is 3. The number of alkyl halides is 3. The van der Waals surface area contributed by atoms with Gasteiger partial charge in [-0.2, -0.15) is 18.2 Å². The van der Waals surface area contributed by atoms with Crippen molar-refractivity contribution < 1.29 is 22.8 Å². The lowest BCUT2D eigenvalue weighted by molar-refractivity contribution is -0.146. The van der Waals surface area contributed by atoms with Crippen molar-refractivity contribution in [3.63, 3.8) is 0 Å². The number of carbonyl (C=O) groups excluding carboxylic acids is 2. The van der Waals surface area contributed by atoms with Crippen LogP contribution in [0.15, 0.2) is 0 Å². The van der Waals surface area contributed by atoms with Crippen molar-refractivity contribution in [1.82, 2.24) is 25.0 Å². The molecule has 1 aromatic heterocycles. The number of amides is 2. The molecule has 0 aliphatic rings. The van der Waals surface area contributed by atoms with Gasteiger partial charge in [-0.05, 0) is 0 Å². The normalized spacial score (nSPS) is 11.2. The number of hydrogen-bond acceptors (Lipinski definition) is 5. The van der Waals surface area contributed by atoms with E-state index in [1.807, 2.05) is 0 Å². The van der Waals surface area contributed by atoms with E-state index in [4.69, 9.17) is 5.73 Å². The lowest BCUT2D eigenvalue weighted by Crippen LogP contribution is -2.45. The molecular formula is C9H13F3N6O2. The van der Waals surface area contributed by atoms with Crippen molar-refractivity contribution in [3.05, 3.63) is 5.82 Å². The molecule has 20 heavy (non-hydrogen) atoms. The summed E-state index contributed by atoms with van der Waals surface area (Å²) in [6.07, 6.45) is -4.65. The van der Waals surface area contributed by atoms with E-state index in [2.05, 4.69) is 15.2 Å². The average molecular weight is 294 g/mol. The molecule has 8 nitrogen and oxygen atoms in total. The molecule has 2 amide bonds. The number of hydrogen-bond donors (Lipinski definition) is 2. The second kappa shape index (κ2) is 5.75. The fraction of sp³-hybridized carbons (Fsp3) is 0.556. The van der Waals surface area contributed by atoms with Crippen molar-refractivity contribution in [2.24, 2.45) is 0 Å². The lowest BCUT2D eigenvalue weighted by Gasteiger charge is -2.23. The summed E-state index contributed by atoms with van der Waals surface area (Å²) in [7, 11) is 2.73. The number of halogens is 3. The second-order valence-electron chi connectivity index (χ2n) is 4.11. The van der Waals surface area contributed by atoms with Crippen LogP contribution in [0.2, 0.25) is 0 Å². The van der Waals surface area contributed by atoms with Gasteiger partial charge in [-0.15, -0.1) is 5.10 Å². The van der Waals surface area contributed by atoms with E-state index < -0.39 is 36.9 Å². The molecule has 1 rings (SSSR count). The number of H-pyrrole nitrogens is 1. The van der Waals surface area contributed by atoms with Gasteiger partial charge in [-0.1, -0.05) is 0 Å². The highest BCUT2D eigenvalue weighted by Gasteiger charge is 2.35.